The predicted octanol–water partition coefficient (Wildman–Crippen LogP) is 2.25. The lowest BCUT2D eigenvalue weighted by molar-refractivity contribution is 0.149. The normalized spacial score (nSPS) is 19.0. The van der Waals surface area contributed by atoms with E-state index in [1.165, 1.54) is 12.0 Å². The average molecular weight is 310 g/mol. The number of halogens is 1. The number of hydrogen-bond acceptors (Lipinski definition) is 5. The minimum atomic E-state index is 0. The molecular weight excluding hydrogens is 290 g/mol. The van der Waals surface area contributed by atoms with Gasteiger partial charge in [-0.25, -0.2) is 4.98 Å². The number of rotatable bonds is 4. The summed E-state index contributed by atoms with van der Waals surface area (Å²) in [5.74, 6) is 0.936. The molecule has 3 rings (SSSR count). The van der Waals surface area contributed by atoms with E-state index in [1.807, 2.05) is 12.1 Å². The van der Waals surface area contributed by atoms with Crippen LogP contribution in [0.4, 0.5) is 0 Å². The van der Waals surface area contributed by atoms with Gasteiger partial charge < -0.3 is 14.5 Å². The van der Waals surface area contributed by atoms with Crippen molar-refractivity contribution in [2.75, 3.05) is 26.7 Å². The van der Waals surface area contributed by atoms with Crippen molar-refractivity contribution in [3.05, 3.63) is 48.2 Å². The number of aromatic nitrogens is 1. The Labute approximate surface area is 130 Å². The minimum Gasteiger partial charge on any atom is -0.496 e. The van der Waals surface area contributed by atoms with Gasteiger partial charge in [0.25, 0.3) is 0 Å². The average Bonchev–Trinajstić information content (AvgIpc) is 3.01. The molecule has 21 heavy (non-hydrogen) atoms. The monoisotopic (exact) mass is 309 g/mol. The lowest BCUT2D eigenvalue weighted by atomic mass is 10.0. The number of nitrogens with one attached hydrogen (secondary N) is 1. The summed E-state index contributed by atoms with van der Waals surface area (Å²) in [6.45, 7) is 3.68. The summed E-state index contributed by atoms with van der Waals surface area (Å²) in [6.07, 6.45) is 3.19. The second-order valence-corrected chi connectivity index (χ2v) is 4.91. The van der Waals surface area contributed by atoms with Gasteiger partial charge >= 0.3 is 0 Å². The van der Waals surface area contributed by atoms with E-state index in [0.29, 0.717) is 0 Å². The smallest absolute Gasteiger partial charge is 0.180 e. The molecule has 1 aliphatic rings. The first-order valence-electron chi connectivity index (χ1n) is 6.83. The Morgan fingerprint density at radius 2 is 2.29 bits per heavy atom. The van der Waals surface area contributed by atoms with Crippen molar-refractivity contribution in [3.63, 3.8) is 0 Å². The molecular formula is C15H20ClN3O2. The first-order chi connectivity index (χ1) is 9.88. The number of nitrogens with zero attached hydrogens (tertiary/aromatic N) is 2. The molecule has 0 aliphatic carbocycles. The summed E-state index contributed by atoms with van der Waals surface area (Å²) in [6, 6.07) is 8.49. The lowest BCUT2D eigenvalue weighted by Gasteiger charge is -2.36. The fraction of sp³-hybridized carbons (Fsp3) is 0.400. The summed E-state index contributed by atoms with van der Waals surface area (Å²) in [5.41, 5.74) is 2.18. The molecule has 2 heterocycles. The Kier molecular flexibility index (Phi) is 5.61. The SMILES string of the molecule is COc1ccccc1C1CNCCN1Cc1cocn1.Cl. The third kappa shape index (κ3) is 3.56. The number of benzene rings is 1. The van der Waals surface area contributed by atoms with Crippen LogP contribution in [0.15, 0.2) is 41.3 Å². The van der Waals surface area contributed by atoms with Crippen LogP contribution in [-0.4, -0.2) is 36.6 Å². The van der Waals surface area contributed by atoms with E-state index in [4.69, 9.17) is 9.15 Å². The fourth-order valence-corrected chi connectivity index (χ4v) is 2.71. The Morgan fingerprint density at radius 3 is 3.05 bits per heavy atom. The third-order valence-corrected chi connectivity index (χ3v) is 3.70. The number of ether oxygens (including phenoxy) is 1. The van der Waals surface area contributed by atoms with E-state index in [-0.39, 0.29) is 18.4 Å². The number of hydrogen-bond donors (Lipinski definition) is 1. The molecule has 0 amide bonds. The van der Waals surface area contributed by atoms with Crippen molar-refractivity contribution in [2.24, 2.45) is 0 Å². The second kappa shape index (κ2) is 7.45. The molecule has 1 saturated heterocycles. The molecule has 1 aromatic carbocycles. The minimum absolute atomic E-state index is 0. The van der Waals surface area contributed by atoms with E-state index in [0.717, 1.165) is 37.6 Å². The maximum Gasteiger partial charge on any atom is 0.180 e. The van der Waals surface area contributed by atoms with Gasteiger partial charge in [0.05, 0.1) is 18.8 Å². The third-order valence-electron chi connectivity index (χ3n) is 3.70. The van der Waals surface area contributed by atoms with Crippen molar-refractivity contribution in [1.82, 2.24) is 15.2 Å². The fourth-order valence-electron chi connectivity index (χ4n) is 2.71. The van der Waals surface area contributed by atoms with Crippen molar-refractivity contribution in [1.29, 1.82) is 0 Å². The van der Waals surface area contributed by atoms with Gasteiger partial charge in [0.15, 0.2) is 6.39 Å². The molecule has 1 aliphatic heterocycles. The van der Waals surface area contributed by atoms with Gasteiger partial charge in [0, 0.05) is 31.7 Å². The molecule has 0 radical (unpaired) electrons. The van der Waals surface area contributed by atoms with Crippen molar-refractivity contribution in [2.45, 2.75) is 12.6 Å². The molecule has 0 saturated carbocycles. The van der Waals surface area contributed by atoms with Crippen molar-refractivity contribution < 1.29 is 9.15 Å². The topological polar surface area (TPSA) is 50.5 Å². The molecule has 1 N–H and O–H groups in total. The largest absolute Gasteiger partial charge is 0.496 e. The zero-order valence-corrected chi connectivity index (χ0v) is 12.8. The molecule has 0 bridgehead atoms. The van der Waals surface area contributed by atoms with Crippen LogP contribution in [0, 0.1) is 0 Å². The van der Waals surface area contributed by atoms with Gasteiger partial charge in [-0.15, -0.1) is 12.4 Å². The zero-order valence-electron chi connectivity index (χ0n) is 12.0. The van der Waals surface area contributed by atoms with E-state index in [1.54, 1.807) is 13.4 Å². The van der Waals surface area contributed by atoms with Crippen LogP contribution in [-0.2, 0) is 6.54 Å². The molecule has 1 unspecified atom stereocenters. The summed E-state index contributed by atoms with van der Waals surface area (Å²) in [5, 5.41) is 3.45. The maximum atomic E-state index is 5.49. The summed E-state index contributed by atoms with van der Waals surface area (Å²) < 4.78 is 10.6. The summed E-state index contributed by atoms with van der Waals surface area (Å²) >= 11 is 0. The van der Waals surface area contributed by atoms with Gasteiger partial charge in [0.1, 0.15) is 12.0 Å². The van der Waals surface area contributed by atoms with Crippen molar-refractivity contribution in [3.8, 4) is 5.75 Å². The molecule has 1 fully saturated rings. The summed E-state index contributed by atoms with van der Waals surface area (Å²) in [4.78, 5) is 6.63. The van der Waals surface area contributed by atoms with Crippen molar-refractivity contribution >= 4 is 12.4 Å². The van der Waals surface area contributed by atoms with Crippen LogP contribution in [0.1, 0.15) is 17.3 Å². The first-order valence-corrected chi connectivity index (χ1v) is 6.83. The van der Waals surface area contributed by atoms with E-state index in [2.05, 4.69) is 27.3 Å². The molecule has 1 atom stereocenters. The highest BCUT2D eigenvalue weighted by Crippen LogP contribution is 2.30. The molecule has 0 spiro atoms. The van der Waals surface area contributed by atoms with Crippen LogP contribution < -0.4 is 10.1 Å². The van der Waals surface area contributed by atoms with Crippen LogP contribution in [0.2, 0.25) is 0 Å². The number of para-hydroxylation sites is 1. The highest BCUT2D eigenvalue weighted by Gasteiger charge is 2.26. The van der Waals surface area contributed by atoms with Gasteiger partial charge in [-0.2, -0.15) is 0 Å². The quantitative estimate of drug-likeness (QED) is 0.939. The zero-order chi connectivity index (χ0) is 13.8. The molecule has 114 valence electrons. The Bertz CT molecular complexity index is 548. The molecule has 1 aromatic heterocycles. The van der Waals surface area contributed by atoms with Crippen LogP contribution in [0.5, 0.6) is 5.75 Å². The van der Waals surface area contributed by atoms with Gasteiger partial charge in [-0.3, -0.25) is 4.90 Å². The van der Waals surface area contributed by atoms with Gasteiger partial charge in [-0.05, 0) is 6.07 Å². The molecule has 5 nitrogen and oxygen atoms in total. The lowest BCUT2D eigenvalue weighted by Crippen LogP contribution is -2.45. The van der Waals surface area contributed by atoms with E-state index in [9.17, 15) is 0 Å². The first kappa shape index (κ1) is 15.8. The number of methoxy groups -OCH3 is 1. The summed E-state index contributed by atoms with van der Waals surface area (Å²) in [7, 11) is 1.72. The van der Waals surface area contributed by atoms with E-state index >= 15 is 0 Å². The Morgan fingerprint density at radius 1 is 1.43 bits per heavy atom. The standard InChI is InChI=1S/C15H19N3O2.ClH/c1-19-15-5-3-2-4-13(15)14-8-16-6-7-18(14)9-12-10-20-11-17-12;/h2-5,10-11,14,16H,6-9H2,1H3;1H. The van der Waals surface area contributed by atoms with Crippen LogP contribution in [0.3, 0.4) is 0 Å². The van der Waals surface area contributed by atoms with Crippen LogP contribution >= 0.6 is 12.4 Å². The molecule has 6 heteroatoms. The number of piperazine rings is 1. The highest BCUT2D eigenvalue weighted by molar-refractivity contribution is 5.85. The van der Waals surface area contributed by atoms with E-state index < -0.39 is 0 Å². The highest BCUT2D eigenvalue weighted by atomic mass is 35.5. The maximum absolute atomic E-state index is 5.49. The van der Waals surface area contributed by atoms with Crippen LogP contribution in [0.25, 0.3) is 0 Å². The van der Waals surface area contributed by atoms with Gasteiger partial charge in [0.2, 0.25) is 0 Å². The van der Waals surface area contributed by atoms with Gasteiger partial charge in [-0.1, -0.05) is 18.2 Å². The predicted molar refractivity (Wildman–Crippen MR) is 82.8 cm³/mol. The number of oxazole rings is 1. The Hall–Kier alpha value is -1.56. The molecule has 2 aromatic rings. The Balaban J connectivity index is 0.00000161. The second-order valence-electron chi connectivity index (χ2n) is 4.91.